The Balaban J connectivity index is 1.77. The Morgan fingerprint density at radius 1 is 1.05 bits per heavy atom. The Morgan fingerprint density at radius 2 is 1.73 bits per heavy atom. The number of hydrogen-bond acceptors (Lipinski definition) is 5. The summed E-state index contributed by atoms with van der Waals surface area (Å²) < 4.78 is 32.0. The molecular weight excluding hydrogens is 585 g/mol. The van der Waals surface area contributed by atoms with E-state index in [1.807, 2.05) is 13.8 Å². The first-order valence-corrected chi connectivity index (χ1v) is 16.9. The fourth-order valence-corrected chi connectivity index (χ4v) is 6.61. The van der Waals surface area contributed by atoms with Crippen molar-refractivity contribution in [3.63, 3.8) is 0 Å². The van der Waals surface area contributed by atoms with Gasteiger partial charge in [0.05, 0.1) is 18.6 Å². The summed E-state index contributed by atoms with van der Waals surface area (Å²) in [6.45, 7) is 4.51. The van der Waals surface area contributed by atoms with Gasteiger partial charge < -0.3 is 15.0 Å². The summed E-state index contributed by atoms with van der Waals surface area (Å²) in [5.74, 6) is 0.222. The number of carbonyl (C=O) groups is 2. The number of hydrogen-bond donors (Lipinski definition) is 1. The molecule has 1 N–H and O–H groups in total. The first-order valence-electron chi connectivity index (χ1n) is 14.3. The maximum absolute atomic E-state index is 13.7. The SMILES string of the molecule is CCOc1ccc(N(CCCC(=O)N(Cc2ccc(Cl)cc2Cl)[C@H](CC)C(=O)NC2CCCCC2)S(C)(=O)=O)cc1. The zero-order valence-corrected chi connectivity index (χ0v) is 26.4. The van der Waals surface area contributed by atoms with Crippen molar-refractivity contribution in [2.45, 2.75) is 83.8 Å². The Bertz CT molecular complexity index is 1270. The molecule has 0 unspecified atom stereocenters. The van der Waals surface area contributed by atoms with Crippen molar-refractivity contribution in [1.82, 2.24) is 10.2 Å². The molecule has 2 amide bonds. The number of carbonyl (C=O) groups excluding carboxylic acids is 2. The van der Waals surface area contributed by atoms with Crippen LogP contribution in [0.1, 0.15) is 70.8 Å². The number of benzene rings is 2. The fourth-order valence-electron chi connectivity index (χ4n) is 5.18. The molecule has 1 saturated carbocycles. The van der Waals surface area contributed by atoms with Crippen LogP contribution < -0.4 is 14.4 Å². The minimum Gasteiger partial charge on any atom is -0.494 e. The second-order valence-corrected chi connectivity index (χ2v) is 13.1. The monoisotopic (exact) mass is 625 g/mol. The Morgan fingerprint density at radius 3 is 2.32 bits per heavy atom. The average Bonchev–Trinajstić information content (AvgIpc) is 2.92. The first kappa shape index (κ1) is 33.0. The highest BCUT2D eigenvalue weighted by Crippen LogP contribution is 2.26. The predicted molar refractivity (Wildman–Crippen MR) is 165 cm³/mol. The first-order chi connectivity index (χ1) is 19.5. The van der Waals surface area contributed by atoms with E-state index in [-0.39, 0.29) is 43.8 Å². The van der Waals surface area contributed by atoms with E-state index >= 15 is 0 Å². The molecule has 1 atom stereocenters. The van der Waals surface area contributed by atoms with E-state index in [1.165, 1.54) is 10.7 Å². The molecule has 1 fully saturated rings. The van der Waals surface area contributed by atoms with Crippen LogP contribution in [0.5, 0.6) is 5.75 Å². The normalized spacial score (nSPS) is 14.8. The molecular formula is C30H41Cl2N3O5S. The van der Waals surface area contributed by atoms with Gasteiger partial charge in [-0.3, -0.25) is 13.9 Å². The molecule has 2 aromatic rings. The number of halogens is 2. The van der Waals surface area contributed by atoms with Crippen molar-refractivity contribution in [3.8, 4) is 5.75 Å². The highest BCUT2D eigenvalue weighted by atomic mass is 35.5. The van der Waals surface area contributed by atoms with Crippen LogP contribution in [0.4, 0.5) is 5.69 Å². The summed E-state index contributed by atoms with van der Waals surface area (Å²) in [5.41, 5.74) is 1.17. The standard InChI is InChI=1S/C30H41Cl2N3O5S/c1-4-28(30(37)33-24-10-7-6-8-11-24)34(21-22-13-14-23(31)20-27(22)32)29(36)12-9-19-35(41(3,38)39)25-15-17-26(18-16-25)40-5-2/h13-18,20,24,28H,4-12,19,21H2,1-3H3,(H,33,37)/t28-/m1/s1. The lowest BCUT2D eigenvalue weighted by atomic mass is 9.95. The molecule has 0 radical (unpaired) electrons. The van der Waals surface area contributed by atoms with Gasteiger partial charge in [0.1, 0.15) is 11.8 Å². The maximum Gasteiger partial charge on any atom is 0.243 e. The molecule has 0 saturated heterocycles. The van der Waals surface area contributed by atoms with Gasteiger partial charge in [0.15, 0.2) is 0 Å². The largest absolute Gasteiger partial charge is 0.494 e. The molecule has 0 aliphatic heterocycles. The lowest BCUT2D eigenvalue weighted by Crippen LogP contribution is -2.51. The molecule has 0 heterocycles. The van der Waals surface area contributed by atoms with Crippen LogP contribution in [0.2, 0.25) is 10.0 Å². The number of amides is 2. The predicted octanol–water partition coefficient (Wildman–Crippen LogP) is 6.19. The number of nitrogens with zero attached hydrogens (tertiary/aromatic N) is 2. The van der Waals surface area contributed by atoms with E-state index < -0.39 is 16.1 Å². The van der Waals surface area contributed by atoms with Crippen LogP contribution in [0.25, 0.3) is 0 Å². The fraction of sp³-hybridized carbons (Fsp3) is 0.533. The van der Waals surface area contributed by atoms with Gasteiger partial charge in [0.25, 0.3) is 0 Å². The van der Waals surface area contributed by atoms with Gasteiger partial charge in [-0.2, -0.15) is 0 Å². The molecule has 1 aliphatic carbocycles. The molecule has 0 aromatic heterocycles. The van der Waals surface area contributed by atoms with Crippen LogP contribution in [0.15, 0.2) is 42.5 Å². The molecule has 3 rings (SSSR count). The van der Waals surface area contributed by atoms with E-state index in [9.17, 15) is 18.0 Å². The molecule has 2 aromatic carbocycles. The van der Waals surface area contributed by atoms with Crippen molar-refractivity contribution < 1.29 is 22.7 Å². The highest BCUT2D eigenvalue weighted by molar-refractivity contribution is 7.92. The van der Waals surface area contributed by atoms with Crippen LogP contribution in [0.3, 0.4) is 0 Å². The number of anilines is 1. The third kappa shape index (κ3) is 9.79. The minimum atomic E-state index is -3.60. The van der Waals surface area contributed by atoms with Crippen LogP contribution in [-0.4, -0.2) is 56.6 Å². The van der Waals surface area contributed by atoms with E-state index in [4.69, 9.17) is 27.9 Å². The molecule has 0 bridgehead atoms. The average molecular weight is 627 g/mol. The number of nitrogens with one attached hydrogen (secondary N) is 1. The zero-order chi connectivity index (χ0) is 30.0. The summed E-state index contributed by atoms with van der Waals surface area (Å²) in [6.07, 6.45) is 7.10. The molecule has 11 heteroatoms. The quantitative estimate of drug-likeness (QED) is 0.270. The van der Waals surface area contributed by atoms with Gasteiger partial charge in [-0.05, 0) is 74.6 Å². The number of rotatable bonds is 14. The molecule has 1 aliphatic rings. The highest BCUT2D eigenvalue weighted by Gasteiger charge is 2.31. The minimum absolute atomic E-state index is 0.0570. The Labute approximate surface area is 254 Å². The Hall–Kier alpha value is -2.49. The summed E-state index contributed by atoms with van der Waals surface area (Å²) in [7, 11) is -3.60. The van der Waals surface area contributed by atoms with E-state index in [0.29, 0.717) is 40.1 Å². The van der Waals surface area contributed by atoms with E-state index in [2.05, 4.69) is 5.32 Å². The third-order valence-corrected chi connectivity index (χ3v) is 9.06. The van der Waals surface area contributed by atoms with E-state index in [1.54, 1.807) is 47.4 Å². The lowest BCUT2D eigenvalue weighted by Gasteiger charge is -2.33. The second-order valence-electron chi connectivity index (χ2n) is 10.4. The van der Waals surface area contributed by atoms with Gasteiger partial charge >= 0.3 is 0 Å². The lowest BCUT2D eigenvalue weighted by molar-refractivity contribution is -0.141. The summed E-state index contributed by atoms with van der Waals surface area (Å²) in [6, 6.07) is 11.3. The van der Waals surface area contributed by atoms with Crippen LogP contribution >= 0.6 is 23.2 Å². The second kappa shape index (κ2) is 15.7. The van der Waals surface area contributed by atoms with Crippen molar-refractivity contribution in [2.24, 2.45) is 0 Å². The molecule has 8 nitrogen and oxygen atoms in total. The van der Waals surface area contributed by atoms with Gasteiger partial charge in [0.2, 0.25) is 21.8 Å². The van der Waals surface area contributed by atoms with E-state index in [0.717, 1.165) is 31.9 Å². The zero-order valence-electron chi connectivity index (χ0n) is 24.1. The van der Waals surface area contributed by atoms with Gasteiger partial charge in [0, 0.05) is 35.6 Å². The summed E-state index contributed by atoms with van der Waals surface area (Å²) in [5, 5.41) is 4.05. The number of sulfonamides is 1. The van der Waals surface area contributed by atoms with Crippen molar-refractivity contribution >= 4 is 50.7 Å². The number of ether oxygens (including phenoxy) is 1. The van der Waals surface area contributed by atoms with Crippen molar-refractivity contribution in [1.29, 1.82) is 0 Å². The van der Waals surface area contributed by atoms with Gasteiger partial charge in [-0.15, -0.1) is 0 Å². The van der Waals surface area contributed by atoms with Gasteiger partial charge in [-0.25, -0.2) is 8.42 Å². The van der Waals surface area contributed by atoms with Gasteiger partial charge in [-0.1, -0.05) is 55.5 Å². The van der Waals surface area contributed by atoms with Crippen LogP contribution in [0, 0.1) is 0 Å². The topological polar surface area (TPSA) is 96.0 Å². The smallest absolute Gasteiger partial charge is 0.243 e. The molecule has 226 valence electrons. The van der Waals surface area contributed by atoms with Crippen LogP contribution in [-0.2, 0) is 26.2 Å². The molecule has 0 spiro atoms. The third-order valence-electron chi connectivity index (χ3n) is 7.28. The Kier molecular flexibility index (Phi) is 12.6. The summed E-state index contributed by atoms with van der Waals surface area (Å²) >= 11 is 12.5. The summed E-state index contributed by atoms with van der Waals surface area (Å²) in [4.78, 5) is 28.7. The van der Waals surface area contributed by atoms with Crippen molar-refractivity contribution in [3.05, 3.63) is 58.1 Å². The van der Waals surface area contributed by atoms with Crippen molar-refractivity contribution in [2.75, 3.05) is 23.7 Å². The molecule has 41 heavy (non-hydrogen) atoms. The maximum atomic E-state index is 13.7.